The number of fused-ring (bicyclic) bond motifs is 22. The molecule has 0 saturated carbocycles. The summed E-state index contributed by atoms with van der Waals surface area (Å²) in [6.07, 6.45) is 0. The first-order valence-corrected chi connectivity index (χ1v) is 20.0. The molecule has 3 aliphatic heterocycles. The molecule has 2 aromatic heterocycles. The largest absolute Gasteiger partial charge is 0.454 e. The van der Waals surface area contributed by atoms with Crippen LogP contribution < -0.4 is 15.8 Å². The molecule has 4 heteroatoms. The van der Waals surface area contributed by atoms with E-state index >= 15 is 0 Å². The lowest BCUT2D eigenvalue weighted by Gasteiger charge is -2.49. The molecule has 0 atom stereocenters. The highest BCUT2D eigenvalue weighted by Gasteiger charge is 2.55. The monoisotopic (exact) mass is 720 g/mol. The van der Waals surface area contributed by atoms with Crippen molar-refractivity contribution in [2.75, 3.05) is 4.90 Å². The summed E-state index contributed by atoms with van der Waals surface area (Å²) < 4.78 is 9.84. The molecule has 9 aromatic carbocycles. The smallest absolute Gasteiger partial charge is 0.333 e. The van der Waals surface area contributed by atoms with Crippen molar-refractivity contribution < 1.29 is 4.42 Å². The normalized spacial score (nSPS) is 14.7. The zero-order valence-corrected chi connectivity index (χ0v) is 30.6. The lowest BCUT2D eigenvalue weighted by atomic mass is 9.44. The maximum atomic E-state index is 7.13. The number of benzene rings is 9. The van der Waals surface area contributed by atoms with E-state index in [1.807, 2.05) is 0 Å². The van der Waals surface area contributed by atoms with Gasteiger partial charge in [-0.15, -0.1) is 0 Å². The van der Waals surface area contributed by atoms with E-state index in [1.165, 1.54) is 99.4 Å². The average molecular weight is 721 g/mol. The van der Waals surface area contributed by atoms with Crippen LogP contribution in [0, 0.1) is 0 Å². The van der Waals surface area contributed by atoms with Crippen molar-refractivity contribution in [3.63, 3.8) is 0 Å². The van der Waals surface area contributed by atoms with E-state index in [2.05, 4.69) is 185 Å². The molecular formula is C53H29BN2O. The van der Waals surface area contributed by atoms with Crippen molar-refractivity contribution in [1.82, 2.24) is 4.48 Å². The highest BCUT2D eigenvalue weighted by Crippen LogP contribution is 2.64. The second-order valence-corrected chi connectivity index (χ2v) is 16.3. The van der Waals surface area contributed by atoms with Gasteiger partial charge in [-0.3, -0.25) is 0 Å². The minimum atomic E-state index is -0.513. The van der Waals surface area contributed by atoms with E-state index in [-0.39, 0.29) is 6.85 Å². The highest BCUT2D eigenvalue weighted by molar-refractivity contribution is 6.90. The molecule has 0 amide bonds. The van der Waals surface area contributed by atoms with Gasteiger partial charge < -0.3 is 13.8 Å². The van der Waals surface area contributed by atoms with E-state index < -0.39 is 5.41 Å². The predicted molar refractivity (Wildman–Crippen MR) is 236 cm³/mol. The van der Waals surface area contributed by atoms with E-state index in [1.54, 1.807) is 0 Å². The van der Waals surface area contributed by atoms with Gasteiger partial charge in [0.2, 0.25) is 0 Å². The molecule has 0 fully saturated rings. The Hall–Kier alpha value is -7.30. The van der Waals surface area contributed by atoms with Crippen LogP contribution in [-0.4, -0.2) is 11.3 Å². The maximum Gasteiger partial charge on any atom is 0.333 e. The van der Waals surface area contributed by atoms with Gasteiger partial charge in [0.15, 0.2) is 5.58 Å². The zero-order chi connectivity index (χ0) is 36.7. The Morgan fingerprint density at radius 1 is 0.439 bits per heavy atom. The molecule has 15 rings (SSSR count). The number of furan rings is 1. The third kappa shape index (κ3) is 3.11. The maximum absolute atomic E-state index is 7.13. The van der Waals surface area contributed by atoms with E-state index in [0.717, 1.165) is 27.6 Å². The van der Waals surface area contributed by atoms with Gasteiger partial charge in [0.05, 0.1) is 16.8 Å². The topological polar surface area (TPSA) is 21.3 Å². The van der Waals surface area contributed by atoms with Gasteiger partial charge in [0.1, 0.15) is 5.58 Å². The predicted octanol–water partition coefficient (Wildman–Crippen LogP) is 11.9. The first-order chi connectivity index (χ1) is 28.3. The molecule has 0 unspecified atom stereocenters. The van der Waals surface area contributed by atoms with E-state index in [9.17, 15) is 0 Å². The summed E-state index contributed by atoms with van der Waals surface area (Å²) in [7, 11) is 0. The Bertz CT molecular complexity index is 3640. The fourth-order valence-corrected chi connectivity index (χ4v) is 12.0. The lowest BCUT2D eigenvalue weighted by molar-refractivity contribution is 0.668. The molecule has 3 nitrogen and oxygen atoms in total. The van der Waals surface area contributed by atoms with Crippen LogP contribution in [0.2, 0.25) is 0 Å². The number of hydrogen-bond acceptors (Lipinski definition) is 2. The van der Waals surface area contributed by atoms with Crippen LogP contribution in [0.4, 0.5) is 17.1 Å². The molecule has 260 valence electrons. The number of hydrogen-bond donors (Lipinski definition) is 0. The van der Waals surface area contributed by atoms with Crippen molar-refractivity contribution in [3.05, 3.63) is 198 Å². The van der Waals surface area contributed by atoms with Gasteiger partial charge in [0, 0.05) is 49.2 Å². The summed E-state index contributed by atoms with van der Waals surface area (Å²) in [4.78, 5) is 2.60. The minimum Gasteiger partial charge on any atom is -0.454 e. The fraction of sp³-hybridized carbons (Fsp3) is 0.0189. The molecule has 11 aromatic rings. The number of aromatic nitrogens is 1. The second kappa shape index (κ2) is 9.73. The van der Waals surface area contributed by atoms with Crippen LogP contribution in [-0.2, 0) is 5.41 Å². The summed E-state index contributed by atoms with van der Waals surface area (Å²) in [6.45, 7) is -0.103. The Balaban J connectivity index is 1.20. The van der Waals surface area contributed by atoms with Crippen LogP contribution in [0.1, 0.15) is 22.3 Å². The van der Waals surface area contributed by atoms with Gasteiger partial charge in [-0.2, -0.15) is 0 Å². The molecule has 0 radical (unpaired) electrons. The molecule has 0 saturated heterocycles. The first-order valence-electron chi connectivity index (χ1n) is 20.0. The van der Waals surface area contributed by atoms with Crippen LogP contribution in [0.5, 0.6) is 0 Å². The molecule has 1 spiro atoms. The third-order valence-electron chi connectivity index (χ3n) is 13.9. The molecule has 0 bridgehead atoms. The standard InChI is InChI=1S/C53H29BN2O/c1-2-14-31-30(13-1)27-28-37-35-18-11-19-36-38-29-39-34-17-5-10-26-46(34)57-52(39)51-47(38)54(56(48(31)37)49(35)36)44-24-12-23-43-50(44)55(51)45-25-9-8-22-42(45)53(43)40-20-6-3-15-32(40)33-16-4-7-21-41(33)53/h1-29H. The molecular weight excluding hydrogens is 691 g/mol. The quantitative estimate of drug-likeness (QED) is 0.146. The summed E-state index contributed by atoms with van der Waals surface area (Å²) in [5, 5.41) is 7.42. The van der Waals surface area contributed by atoms with Crippen LogP contribution >= 0.6 is 0 Å². The highest BCUT2D eigenvalue weighted by atomic mass is 16.3. The van der Waals surface area contributed by atoms with Gasteiger partial charge in [-0.1, -0.05) is 158 Å². The molecule has 4 aliphatic rings. The van der Waals surface area contributed by atoms with Crippen molar-refractivity contribution in [3.8, 4) is 22.3 Å². The number of rotatable bonds is 0. The van der Waals surface area contributed by atoms with Crippen molar-refractivity contribution in [2.45, 2.75) is 5.41 Å². The number of para-hydroxylation sites is 4. The summed E-state index contributed by atoms with van der Waals surface area (Å²) in [5.74, 6) is 0. The van der Waals surface area contributed by atoms with E-state index in [4.69, 9.17) is 4.42 Å². The number of anilines is 3. The summed E-state index contributed by atoms with van der Waals surface area (Å²) in [5.41, 5.74) is 20.6. The van der Waals surface area contributed by atoms with Crippen LogP contribution in [0.3, 0.4) is 0 Å². The van der Waals surface area contributed by atoms with Crippen LogP contribution in [0.25, 0.3) is 76.8 Å². The van der Waals surface area contributed by atoms with Crippen molar-refractivity contribution in [1.29, 1.82) is 0 Å². The SMILES string of the molecule is c1ccc2c(c1)-c1ccccc1C21c2ccccc2N2c3c(cccc31)B1c3c(cc4c(oc5ccccc54)c32)-c2cccc3c4ccc5ccccc5c4n1c23. The van der Waals surface area contributed by atoms with Crippen molar-refractivity contribution >= 4 is 89.4 Å². The van der Waals surface area contributed by atoms with Crippen molar-refractivity contribution in [2.24, 2.45) is 0 Å². The summed E-state index contributed by atoms with van der Waals surface area (Å²) >= 11 is 0. The second-order valence-electron chi connectivity index (χ2n) is 16.3. The van der Waals surface area contributed by atoms with Gasteiger partial charge in [-0.25, -0.2) is 0 Å². The lowest BCUT2D eigenvalue weighted by Crippen LogP contribution is -2.58. The Morgan fingerprint density at radius 3 is 1.95 bits per heavy atom. The van der Waals surface area contributed by atoms with Gasteiger partial charge in [-0.05, 0) is 73.5 Å². The molecule has 57 heavy (non-hydrogen) atoms. The molecule has 5 heterocycles. The van der Waals surface area contributed by atoms with Gasteiger partial charge >= 0.3 is 6.85 Å². The third-order valence-corrected chi connectivity index (χ3v) is 13.9. The average Bonchev–Trinajstić information content (AvgIpc) is 3.92. The Labute approximate surface area is 327 Å². The van der Waals surface area contributed by atoms with Gasteiger partial charge in [0.25, 0.3) is 0 Å². The Kier molecular flexibility index (Phi) is 4.96. The fourth-order valence-electron chi connectivity index (χ4n) is 12.0. The number of nitrogens with zero attached hydrogens (tertiary/aromatic N) is 2. The first kappa shape index (κ1) is 29.1. The van der Waals surface area contributed by atoms with E-state index in [0.29, 0.717) is 0 Å². The Morgan fingerprint density at radius 2 is 1.09 bits per heavy atom. The molecule has 1 aliphatic carbocycles. The van der Waals surface area contributed by atoms with Crippen LogP contribution in [0.15, 0.2) is 180 Å². The summed E-state index contributed by atoms with van der Waals surface area (Å²) in [6, 6.07) is 66.1. The molecule has 0 N–H and O–H groups in total. The zero-order valence-electron chi connectivity index (χ0n) is 30.6. The minimum absolute atomic E-state index is 0.103.